The van der Waals surface area contributed by atoms with E-state index < -0.39 is 0 Å². The predicted octanol–water partition coefficient (Wildman–Crippen LogP) is 3.81. The largest absolute Gasteiger partial charge is 0.310 e. The lowest BCUT2D eigenvalue weighted by Crippen LogP contribution is -2.51. The van der Waals surface area contributed by atoms with Crippen LogP contribution >= 0.6 is 0 Å². The molecule has 1 saturated heterocycles. The van der Waals surface area contributed by atoms with Crippen molar-refractivity contribution >= 4 is 0 Å². The second-order valence-corrected chi connectivity index (χ2v) is 6.33. The number of rotatable bonds is 9. The standard InChI is InChI=1S/C16H34N2/c1-5-7-8-13-18(15(3)4)14-16(10-6-2)11-9-12-17-16/h15,17H,5-14H2,1-4H3. The van der Waals surface area contributed by atoms with Gasteiger partial charge in [-0.2, -0.15) is 0 Å². The van der Waals surface area contributed by atoms with Crippen LogP contribution < -0.4 is 5.32 Å². The second kappa shape index (κ2) is 8.16. The first-order valence-electron chi connectivity index (χ1n) is 8.12. The zero-order valence-electron chi connectivity index (χ0n) is 13.1. The number of nitrogens with zero attached hydrogens (tertiary/aromatic N) is 1. The van der Waals surface area contributed by atoms with Crippen LogP contribution in [-0.2, 0) is 0 Å². The lowest BCUT2D eigenvalue weighted by Gasteiger charge is -2.38. The van der Waals surface area contributed by atoms with E-state index in [9.17, 15) is 0 Å². The van der Waals surface area contributed by atoms with Crippen LogP contribution in [-0.4, -0.2) is 36.1 Å². The van der Waals surface area contributed by atoms with Crippen molar-refractivity contribution in [3.63, 3.8) is 0 Å². The van der Waals surface area contributed by atoms with Crippen LogP contribution in [0.2, 0.25) is 0 Å². The Bertz CT molecular complexity index is 207. The van der Waals surface area contributed by atoms with E-state index >= 15 is 0 Å². The van der Waals surface area contributed by atoms with E-state index in [4.69, 9.17) is 0 Å². The van der Waals surface area contributed by atoms with E-state index in [0.29, 0.717) is 11.6 Å². The maximum absolute atomic E-state index is 3.81. The highest BCUT2D eigenvalue weighted by atomic mass is 15.2. The maximum Gasteiger partial charge on any atom is 0.0309 e. The molecule has 0 bridgehead atoms. The van der Waals surface area contributed by atoms with E-state index in [1.165, 1.54) is 64.6 Å². The lowest BCUT2D eigenvalue weighted by molar-refractivity contribution is 0.148. The molecule has 108 valence electrons. The lowest BCUT2D eigenvalue weighted by atomic mass is 9.90. The van der Waals surface area contributed by atoms with Crippen LogP contribution in [0.25, 0.3) is 0 Å². The van der Waals surface area contributed by atoms with Gasteiger partial charge in [-0.1, -0.05) is 33.1 Å². The molecule has 0 aromatic heterocycles. The normalized spacial score (nSPS) is 24.3. The third kappa shape index (κ3) is 4.89. The van der Waals surface area contributed by atoms with Gasteiger partial charge in [-0.3, -0.25) is 4.90 Å². The average molecular weight is 254 g/mol. The smallest absolute Gasteiger partial charge is 0.0309 e. The van der Waals surface area contributed by atoms with Crippen molar-refractivity contribution in [1.29, 1.82) is 0 Å². The highest BCUT2D eigenvalue weighted by molar-refractivity contribution is 4.95. The van der Waals surface area contributed by atoms with E-state index in [1.807, 2.05) is 0 Å². The molecule has 0 radical (unpaired) electrons. The van der Waals surface area contributed by atoms with Gasteiger partial charge in [0.1, 0.15) is 0 Å². The Morgan fingerprint density at radius 3 is 2.44 bits per heavy atom. The van der Waals surface area contributed by atoms with E-state index in [1.54, 1.807) is 0 Å². The zero-order valence-corrected chi connectivity index (χ0v) is 13.1. The van der Waals surface area contributed by atoms with Crippen molar-refractivity contribution in [2.45, 2.75) is 84.2 Å². The molecule has 1 aliphatic rings. The molecule has 18 heavy (non-hydrogen) atoms. The Balaban J connectivity index is 2.51. The number of hydrogen-bond acceptors (Lipinski definition) is 2. The minimum Gasteiger partial charge on any atom is -0.310 e. The van der Waals surface area contributed by atoms with Crippen LogP contribution in [0.15, 0.2) is 0 Å². The number of unbranched alkanes of at least 4 members (excludes halogenated alkanes) is 2. The van der Waals surface area contributed by atoms with Crippen LogP contribution in [0, 0.1) is 0 Å². The second-order valence-electron chi connectivity index (χ2n) is 6.33. The summed E-state index contributed by atoms with van der Waals surface area (Å²) in [4.78, 5) is 2.70. The first kappa shape index (κ1) is 16.0. The molecular formula is C16H34N2. The topological polar surface area (TPSA) is 15.3 Å². The third-order valence-electron chi connectivity index (χ3n) is 4.35. The van der Waals surface area contributed by atoms with Crippen molar-refractivity contribution in [3.05, 3.63) is 0 Å². The van der Waals surface area contributed by atoms with Gasteiger partial charge in [-0.25, -0.2) is 0 Å². The number of nitrogens with one attached hydrogen (secondary N) is 1. The molecule has 1 fully saturated rings. The summed E-state index contributed by atoms with van der Waals surface area (Å²) in [6.45, 7) is 13.1. The molecular weight excluding hydrogens is 220 g/mol. The van der Waals surface area contributed by atoms with Crippen molar-refractivity contribution in [2.24, 2.45) is 0 Å². The molecule has 0 aromatic rings. The highest BCUT2D eigenvalue weighted by Crippen LogP contribution is 2.26. The van der Waals surface area contributed by atoms with E-state index in [-0.39, 0.29) is 0 Å². The fourth-order valence-corrected chi connectivity index (χ4v) is 3.25. The highest BCUT2D eigenvalue weighted by Gasteiger charge is 2.34. The summed E-state index contributed by atoms with van der Waals surface area (Å²) >= 11 is 0. The average Bonchev–Trinajstić information content (AvgIpc) is 2.77. The first-order valence-corrected chi connectivity index (χ1v) is 8.12. The molecule has 0 spiro atoms. The Morgan fingerprint density at radius 1 is 1.17 bits per heavy atom. The Kier molecular flexibility index (Phi) is 7.25. The Hall–Kier alpha value is -0.0800. The SMILES string of the molecule is CCCCCN(CC1(CCC)CCCN1)C(C)C. The van der Waals surface area contributed by atoms with Crippen molar-refractivity contribution in [1.82, 2.24) is 10.2 Å². The van der Waals surface area contributed by atoms with Crippen LogP contribution in [0.5, 0.6) is 0 Å². The monoisotopic (exact) mass is 254 g/mol. The summed E-state index contributed by atoms with van der Waals surface area (Å²) in [5, 5.41) is 3.81. The summed E-state index contributed by atoms with van der Waals surface area (Å²) in [7, 11) is 0. The molecule has 1 rings (SSSR count). The summed E-state index contributed by atoms with van der Waals surface area (Å²) in [5.74, 6) is 0. The molecule has 2 nitrogen and oxygen atoms in total. The molecule has 1 aliphatic heterocycles. The van der Waals surface area contributed by atoms with Gasteiger partial charge in [0.2, 0.25) is 0 Å². The zero-order chi connectivity index (χ0) is 13.4. The third-order valence-corrected chi connectivity index (χ3v) is 4.35. The molecule has 0 amide bonds. The van der Waals surface area contributed by atoms with Crippen LogP contribution in [0.4, 0.5) is 0 Å². The van der Waals surface area contributed by atoms with Gasteiger partial charge in [0.15, 0.2) is 0 Å². The summed E-state index contributed by atoms with van der Waals surface area (Å²) < 4.78 is 0. The van der Waals surface area contributed by atoms with Gasteiger partial charge >= 0.3 is 0 Å². The summed E-state index contributed by atoms with van der Waals surface area (Å²) in [6, 6.07) is 0.679. The van der Waals surface area contributed by atoms with Crippen molar-refractivity contribution in [2.75, 3.05) is 19.6 Å². The van der Waals surface area contributed by atoms with Gasteiger partial charge in [-0.15, -0.1) is 0 Å². The van der Waals surface area contributed by atoms with E-state index in [2.05, 4.69) is 37.9 Å². The van der Waals surface area contributed by atoms with Crippen molar-refractivity contribution < 1.29 is 0 Å². The predicted molar refractivity (Wildman–Crippen MR) is 81.1 cm³/mol. The Morgan fingerprint density at radius 2 is 1.94 bits per heavy atom. The van der Waals surface area contributed by atoms with Crippen molar-refractivity contribution in [3.8, 4) is 0 Å². The summed E-state index contributed by atoms with van der Waals surface area (Å²) in [5.41, 5.74) is 0.422. The Labute approximate surface area is 115 Å². The van der Waals surface area contributed by atoms with Crippen LogP contribution in [0.1, 0.15) is 72.6 Å². The van der Waals surface area contributed by atoms with Gasteiger partial charge in [0, 0.05) is 18.1 Å². The minimum absolute atomic E-state index is 0.422. The molecule has 1 heterocycles. The minimum atomic E-state index is 0.422. The molecule has 2 heteroatoms. The molecule has 0 aromatic carbocycles. The first-order chi connectivity index (χ1) is 8.63. The summed E-state index contributed by atoms with van der Waals surface area (Å²) in [6.07, 6.45) is 9.43. The molecule has 0 saturated carbocycles. The quantitative estimate of drug-likeness (QED) is 0.629. The number of hydrogen-bond donors (Lipinski definition) is 1. The fraction of sp³-hybridized carbons (Fsp3) is 1.00. The molecule has 1 unspecified atom stereocenters. The van der Waals surface area contributed by atoms with Gasteiger partial charge in [-0.05, 0) is 52.6 Å². The maximum atomic E-state index is 3.81. The molecule has 0 aliphatic carbocycles. The van der Waals surface area contributed by atoms with Gasteiger partial charge in [0.05, 0.1) is 0 Å². The van der Waals surface area contributed by atoms with Gasteiger partial charge in [0.25, 0.3) is 0 Å². The molecule has 1 N–H and O–H groups in total. The van der Waals surface area contributed by atoms with E-state index in [0.717, 1.165) is 0 Å². The van der Waals surface area contributed by atoms with Gasteiger partial charge < -0.3 is 5.32 Å². The fourth-order valence-electron chi connectivity index (χ4n) is 3.25. The molecule has 1 atom stereocenters. The van der Waals surface area contributed by atoms with Crippen LogP contribution in [0.3, 0.4) is 0 Å².